The highest BCUT2D eigenvalue weighted by Gasteiger charge is 2.12. The summed E-state index contributed by atoms with van der Waals surface area (Å²) in [5.41, 5.74) is 1.04. The SMILES string of the molecule is COc1ccc(CNC(=O)CSc2ccc3c(c2)OCCO3)cc1. The van der Waals surface area contributed by atoms with E-state index in [2.05, 4.69) is 5.32 Å². The third-order valence-corrected chi connectivity index (χ3v) is 4.53. The minimum absolute atomic E-state index is 0.00860. The number of carbonyl (C=O) groups is 1. The maximum Gasteiger partial charge on any atom is 0.230 e. The van der Waals surface area contributed by atoms with Gasteiger partial charge in [0, 0.05) is 11.4 Å². The fourth-order valence-corrected chi connectivity index (χ4v) is 3.01. The van der Waals surface area contributed by atoms with Crippen LogP contribution >= 0.6 is 11.8 Å². The fraction of sp³-hybridized carbons (Fsp3) is 0.278. The van der Waals surface area contributed by atoms with Crippen molar-refractivity contribution in [2.45, 2.75) is 11.4 Å². The molecule has 0 aromatic heterocycles. The van der Waals surface area contributed by atoms with Gasteiger partial charge in [-0.15, -0.1) is 11.8 Å². The molecule has 24 heavy (non-hydrogen) atoms. The first kappa shape index (κ1) is 16.5. The van der Waals surface area contributed by atoms with Crippen molar-refractivity contribution in [2.24, 2.45) is 0 Å². The minimum atomic E-state index is -0.00860. The molecule has 0 unspecified atom stereocenters. The molecule has 126 valence electrons. The van der Waals surface area contributed by atoms with Crippen molar-refractivity contribution < 1.29 is 19.0 Å². The lowest BCUT2D eigenvalue weighted by Gasteiger charge is -2.18. The lowest BCUT2D eigenvalue weighted by molar-refractivity contribution is -0.118. The van der Waals surface area contributed by atoms with Crippen LogP contribution in [0.4, 0.5) is 0 Å². The summed E-state index contributed by atoms with van der Waals surface area (Å²) in [5, 5.41) is 2.91. The van der Waals surface area contributed by atoms with Crippen molar-refractivity contribution in [1.29, 1.82) is 0 Å². The molecule has 5 nitrogen and oxygen atoms in total. The van der Waals surface area contributed by atoms with Crippen molar-refractivity contribution in [3.63, 3.8) is 0 Å². The number of ether oxygens (including phenoxy) is 3. The zero-order chi connectivity index (χ0) is 16.8. The number of nitrogens with one attached hydrogen (secondary N) is 1. The normalized spacial score (nSPS) is 12.5. The summed E-state index contributed by atoms with van der Waals surface area (Å²) in [7, 11) is 1.63. The Morgan fingerprint density at radius 1 is 1.12 bits per heavy atom. The molecular formula is C18H19NO4S. The van der Waals surface area contributed by atoms with Crippen LogP contribution in [-0.4, -0.2) is 32.0 Å². The highest BCUT2D eigenvalue weighted by atomic mass is 32.2. The van der Waals surface area contributed by atoms with Crippen LogP contribution < -0.4 is 19.5 Å². The number of benzene rings is 2. The van der Waals surface area contributed by atoms with E-state index < -0.39 is 0 Å². The summed E-state index contributed by atoms with van der Waals surface area (Å²) >= 11 is 1.47. The molecule has 6 heteroatoms. The van der Waals surface area contributed by atoms with E-state index in [0.717, 1.165) is 27.7 Å². The van der Waals surface area contributed by atoms with Gasteiger partial charge in [0.05, 0.1) is 12.9 Å². The van der Waals surface area contributed by atoms with Crippen LogP contribution in [0.3, 0.4) is 0 Å². The molecule has 2 aromatic carbocycles. The van der Waals surface area contributed by atoms with E-state index in [0.29, 0.717) is 25.5 Å². The quantitative estimate of drug-likeness (QED) is 0.816. The molecule has 2 aromatic rings. The molecule has 1 aliphatic rings. The van der Waals surface area contributed by atoms with Crippen LogP contribution in [0.5, 0.6) is 17.2 Å². The predicted octanol–water partition coefficient (Wildman–Crippen LogP) is 2.87. The van der Waals surface area contributed by atoms with E-state index in [1.54, 1.807) is 7.11 Å². The summed E-state index contributed by atoms with van der Waals surface area (Å²) in [4.78, 5) is 13.0. The lowest BCUT2D eigenvalue weighted by atomic mass is 10.2. The van der Waals surface area contributed by atoms with Gasteiger partial charge in [0.15, 0.2) is 11.5 Å². The monoisotopic (exact) mass is 345 g/mol. The molecule has 0 saturated carbocycles. The molecule has 3 rings (SSSR count). The number of rotatable bonds is 6. The number of hydrogen-bond acceptors (Lipinski definition) is 5. The van der Waals surface area contributed by atoms with Gasteiger partial charge in [0.2, 0.25) is 5.91 Å². The van der Waals surface area contributed by atoms with Crippen LogP contribution in [0.2, 0.25) is 0 Å². The Kier molecular flexibility index (Phi) is 5.48. The maximum absolute atomic E-state index is 12.0. The smallest absolute Gasteiger partial charge is 0.230 e. The van der Waals surface area contributed by atoms with Gasteiger partial charge in [0.25, 0.3) is 0 Å². The molecule has 1 aliphatic heterocycles. The number of hydrogen-bond donors (Lipinski definition) is 1. The summed E-state index contributed by atoms with van der Waals surface area (Å²) in [6.45, 7) is 1.64. The van der Waals surface area contributed by atoms with E-state index in [1.807, 2.05) is 42.5 Å². The molecule has 0 aliphatic carbocycles. The zero-order valence-electron chi connectivity index (χ0n) is 13.4. The zero-order valence-corrected chi connectivity index (χ0v) is 14.2. The van der Waals surface area contributed by atoms with E-state index in [1.165, 1.54) is 11.8 Å². The average Bonchev–Trinajstić information content (AvgIpc) is 2.65. The summed E-state index contributed by atoms with van der Waals surface area (Å²) in [5.74, 6) is 2.65. The van der Waals surface area contributed by atoms with Crippen LogP contribution in [0.15, 0.2) is 47.4 Å². The topological polar surface area (TPSA) is 56.8 Å². The van der Waals surface area contributed by atoms with Gasteiger partial charge in [0.1, 0.15) is 19.0 Å². The fourth-order valence-electron chi connectivity index (χ4n) is 2.26. The van der Waals surface area contributed by atoms with E-state index in [-0.39, 0.29) is 5.91 Å². The Labute approximate surface area is 145 Å². The van der Waals surface area contributed by atoms with Gasteiger partial charge >= 0.3 is 0 Å². The van der Waals surface area contributed by atoms with Crippen LogP contribution in [0.1, 0.15) is 5.56 Å². The summed E-state index contributed by atoms with van der Waals surface area (Å²) < 4.78 is 16.1. The average molecular weight is 345 g/mol. The number of amides is 1. The van der Waals surface area contributed by atoms with Crippen molar-refractivity contribution in [3.8, 4) is 17.2 Å². The Balaban J connectivity index is 1.46. The van der Waals surface area contributed by atoms with Crippen LogP contribution in [-0.2, 0) is 11.3 Å². The second kappa shape index (κ2) is 7.97. The first-order valence-electron chi connectivity index (χ1n) is 7.66. The van der Waals surface area contributed by atoms with Crippen molar-refractivity contribution >= 4 is 17.7 Å². The number of methoxy groups -OCH3 is 1. The molecule has 0 radical (unpaired) electrons. The molecular weight excluding hydrogens is 326 g/mol. The van der Waals surface area contributed by atoms with Crippen molar-refractivity contribution in [2.75, 3.05) is 26.1 Å². The Bertz CT molecular complexity index is 703. The highest BCUT2D eigenvalue weighted by Crippen LogP contribution is 2.34. The summed E-state index contributed by atoms with van der Waals surface area (Å²) in [6, 6.07) is 13.4. The molecule has 0 spiro atoms. The Morgan fingerprint density at radius 3 is 2.62 bits per heavy atom. The highest BCUT2D eigenvalue weighted by molar-refractivity contribution is 8.00. The van der Waals surface area contributed by atoms with Crippen LogP contribution in [0, 0.1) is 0 Å². The number of thioether (sulfide) groups is 1. The molecule has 0 atom stereocenters. The molecule has 1 heterocycles. The predicted molar refractivity (Wildman–Crippen MR) is 93.0 cm³/mol. The molecule has 1 amide bonds. The van der Waals surface area contributed by atoms with Crippen molar-refractivity contribution in [1.82, 2.24) is 5.32 Å². The Morgan fingerprint density at radius 2 is 1.88 bits per heavy atom. The van der Waals surface area contributed by atoms with E-state index in [4.69, 9.17) is 14.2 Å². The van der Waals surface area contributed by atoms with Gasteiger partial charge < -0.3 is 19.5 Å². The van der Waals surface area contributed by atoms with Gasteiger partial charge in [-0.25, -0.2) is 0 Å². The first-order valence-corrected chi connectivity index (χ1v) is 8.65. The molecule has 0 saturated heterocycles. The van der Waals surface area contributed by atoms with Crippen LogP contribution in [0.25, 0.3) is 0 Å². The van der Waals surface area contributed by atoms with Gasteiger partial charge in [-0.3, -0.25) is 4.79 Å². The molecule has 1 N–H and O–H groups in total. The van der Waals surface area contributed by atoms with Gasteiger partial charge in [-0.2, -0.15) is 0 Å². The second-order valence-electron chi connectivity index (χ2n) is 5.22. The Hall–Kier alpha value is -2.34. The van der Waals surface area contributed by atoms with E-state index >= 15 is 0 Å². The standard InChI is InChI=1S/C18H19NO4S/c1-21-14-4-2-13(3-5-14)11-19-18(20)12-24-15-6-7-16-17(10-15)23-9-8-22-16/h2-7,10H,8-9,11-12H2,1H3,(H,19,20). The summed E-state index contributed by atoms with van der Waals surface area (Å²) in [6.07, 6.45) is 0. The maximum atomic E-state index is 12.0. The minimum Gasteiger partial charge on any atom is -0.497 e. The number of carbonyl (C=O) groups excluding carboxylic acids is 1. The van der Waals surface area contributed by atoms with E-state index in [9.17, 15) is 4.79 Å². The largest absolute Gasteiger partial charge is 0.497 e. The van der Waals surface area contributed by atoms with Gasteiger partial charge in [-0.05, 0) is 35.9 Å². The first-order chi connectivity index (χ1) is 11.7. The molecule has 0 bridgehead atoms. The van der Waals surface area contributed by atoms with Gasteiger partial charge in [-0.1, -0.05) is 12.1 Å². The second-order valence-corrected chi connectivity index (χ2v) is 6.27. The number of fused-ring (bicyclic) bond motifs is 1. The third-order valence-electron chi connectivity index (χ3n) is 3.53. The van der Waals surface area contributed by atoms with Crippen molar-refractivity contribution in [3.05, 3.63) is 48.0 Å². The molecule has 0 fully saturated rings. The lowest BCUT2D eigenvalue weighted by Crippen LogP contribution is -2.24. The third kappa shape index (κ3) is 4.35.